The molecule has 3 aromatic rings. The molecule has 1 aliphatic rings. The summed E-state index contributed by atoms with van der Waals surface area (Å²) in [6, 6.07) is 2.71. The maximum Gasteiger partial charge on any atom is 0.416 e. The van der Waals surface area contributed by atoms with Gasteiger partial charge in [-0.05, 0) is 34.1 Å². The summed E-state index contributed by atoms with van der Waals surface area (Å²) in [5.41, 5.74) is -3.95. The van der Waals surface area contributed by atoms with Gasteiger partial charge in [-0.15, -0.1) is 17.7 Å². The van der Waals surface area contributed by atoms with Crippen LogP contribution in [-0.2, 0) is 15.0 Å². The van der Waals surface area contributed by atoms with Crippen LogP contribution in [0, 0.1) is 17.5 Å². The van der Waals surface area contributed by atoms with E-state index in [4.69, 9.17) is 9.47 Å². The summed E-state index contributed by atoms with van der Waals surface area (Å²) in [6.07, 6.45) is -9.20. The number of hydrogen-bond acceptors (Lipinski definition) is 9. The van der Waals surface area contributed by atoms with Gasteiger partial charge in [0.05, 0.1) is 19.4 Å². The third-order valence-electron chi connectivity index (χ3n) is 6.12. The second-order valence-corrected chi connectivity index (χ2v) is 9.95. The smallest absolute Gasteiger partial charge is 0.394 e. The van der Waals surface area contributed by atoms with E-state index in [0.717, 1.165) is 10.9 Å². The Hall–Kier alpha value is -2.28. The van der Waals surface area contributed by atoms with Gasteiger partial charge in [0, 0.05) is 28.0 Å². The summed E-state index contributed by atoms with van der Waals surface area (Å²) in [5, 5.41) is 38.8. The summed E-state index contributed by atoms with van der Waals surface area (Å²) in [7, 11) is 0. The van der Waals surface area contributed by atoms with Crippen molar-refractivity contribution in [3.05, 3.63) is 64.3 Å². The highest BCUT2D eigenvalue weighted by Crippen LogP contribution is 2.45. The number of hydrogen-bond donors (Lipinski definition) is 4. The Morgan fingerprint density at radius 3 is 2.44 bits per heavy atom. The van der Waals surface area contributed by atoms with Gasteiger partial charge in [-0.25, -0.2) is 17.9 Å². The maximum absolute atomic E-state index is 13.9. The van der Waals surface area contributed by atoms with Gasteiger partial charge in [-0.3, -0.25) is 4.98 Å². The number of pyridine rings is 1. The van der Waals surface area contributed by atoms with Gasteiger partial charge in [0.25, 0.3) is 0 Å². The second-order valence-electron chi connectivity index (χ2n) is 8.52. The number of aliphatic hydroxyl groups is 3. The van der Waals surface area contributed by atoms with Crippen LogP contribution in [0.2, 0.25) is 0 Å². The maximum atomic E-state index is 13.9. The molecule has 1 aliphatic heterocycles. The van der Waals surface area contributed by atoms with Crippen LogP contribution in [0.5, 0.6) is 0 Å². The molecule has 2 aromatic heterocycles. The Kier molecular flexibility index (Phi) is 8.61. The van der Waals surface area contributed by atoms with Gasteiger partial charge < -0.3 is 24.8 Å². The third-order valence-corrected chi connectivity index (χ3v) is 6.95. The van der Waals surface area contributed by atoms with Gasteiger partial charge >= 0.3 is 6.18 Å². The highest BCUT2D eigenvalue weighted by Gasteiger charge is 2.60. The molecule has 0 radical (unpaired) electrons. The van der Waals surface area contributed by atoms with Gasteiger partial charge in [0.15, 0.2) is 23.6 Å². The van der Waals surface area contributed by atoms with Crippen LogP contribution in [0.15, 0.2) is 41.3 Å². The molecule has 39 heavy (non-hydrogen) atoms. The van der Waals surface area contributed by atoms with Crippen molar-refractivity contribution in [2.24, 2.45) is 0 Å². The van der Waals surface area contributed by atoms with Crippen molar-refractivity contribution in [3.63, 3.8) is 0 Å². The van der Waals surface area contributed by atoms with Gasteiger partial charge in [-0.1, -0.05) is 5.21 Å². The summed E-state index contributed by atoms with van der Waals surface area (Å²) in [5.74, 6) is -4.76. The summed E-state index contributed by atoms with van der Waals surface area (Å²) in [4.78, 5) is 4.03. The normalized spacial score (nSPS) is 26.5. The van der Waals surface area contributed by atoms with Crippen molar-refractivity contribution in [2.45, 2.75) is 41.6 Å². The standard InChI is InChI=1S/C22H19BrF6N4O5S/c23-11-3-10(4-30-5-11)21(33-6-14(31-32-33)9-1-12(24)17(26)13(25)2-9)18(36)15(7-34)38-20(39)19(21)37-8-16(35)22(27,28)29/h1-6,15-16,18-20,34-36,39H,7-8H2/t15-,16?,18+,19+,20-,21+/m0/s1. The van der Waals surface area contributed by atoms with Crippen LogP contribution in [0.1, 0.15) is 5.56 Å². The van der Waals surface area contributed by atoms with Gasteiger partial charge in [-0.2, -0.15) is 13.2 Å². The molecule has 4 rings (SSSR count). The lowest BCUT2D eigenvalue weighted by Crippen LogP contribution is -2.68. The second kappa shape index (κ2) is 11.3. The van der Waals surface area contributed by atoms with Crippen LogP contribution in [-0.4, -0.2) is 84.5 Å². The number of ether oxygens (including phenoxy) is 2. The summed E-state index contributed by atoms with van der Waals surface area (Å²) >= 11 is 7.50. The van der Waals surface area contributed by atoms with E-state index < -0.39 is 72.2 Å². The minimum Gasteiger partial charge on any atom is -0.394 e. The molecular formula is C22H19BrF6N4O5S. The molecule has 0 bridgehead atoms. The Morgan fingerprint density at radius 2 is 1.85 bits per heavy atom. The first kappa shape index (κ1) is 29.7. The fourth-order valence-corrected chi connectivity index (χ4v) is 5.11. The molecule has 1 unspecified atom stereocenters. The third kappa shape index (κ3) is 5.53. The first-order valence-corrected chi connectivity index (χ1v) is 12.3. The van der Waals surface area contributed by atoms with Crippen molar-refractivity contribution in [1.82, 2.24) is 20.0 Å². The fourth-order valence-electron chi connectivity index (χ4n) is 4.28. The van der Waals surface area contributed by atoms with Crippen LogP contribution < -0.4 is 0 Å². The van der Waals surface area contributed by atoms with Gasteiger partial charge in [0.1, 0.15) is 35.0 Å². The minimum absolute atomic E-state index is 0.0598. The van der Waals surface area contributed by atoms with E-state index in [1.807, 2.05) is 0 Å². The minimum atomic E-state index is -5.05. The number of rotatable bonds is 7. The zero-order chi connectivity index (χ0) is 28.7. The quantitative estimate of drug-likeness (QED) is 0.176. The number of alkyl halides is 3. The molecule has 0 amide bonds. The summed E-state index contributed by atoms with van der Waals surface area (Å²) in [6.45, 7) is -2.10. The molecule has 212 valence electrons. The van der Waals surface area contributed by atoms with Crippen molar-refractivity contribution in [3.8, 4) is 11.3 Å². The van der Waals surface area contributed by atoms with E-state index in [1.165, 1.54) is 18.5 Å². The van der Waals surface area contributed by atoms with Crippen molar-refractivity contribution >= 4 is 28.6 Å². The molecule has 17 heteroatoms. The molecule has 1 aromatic carbocycles. The number of nitrogens with zero attached hydrogens (tertiary/aromatic N) is 4. The molecule has 3 N–H and O–H groups in total. The van der Waals surface area contributed by atoms with Crippen LogP contribution in [0.3, 0.4) is 0 Å². The Balaban J connectivity index is 1.92. The van der Waals surface area contributed by atoms with E-state index in [1.54, 1.807) is 0 Å². The highest BCUT2D eigenvalue weighted by atomic mass is 79.9. The molecule has 0 saturated carbocycles. The number of halogens is 7. The van der Waals surface area contributed by atoms with E-state index in [2.05, 4.69) is 43.9 Å². The number of benzene rings is 1. The molecule has 0 aliphatic carbocycles. The molecule has 6 atom stereocenters. The first-order valence-electron chi connectivity index (χ1n) is 11.0. The average Bonchev–Trinajstić information content (AvgIpc) is 3.37. The Bertz CT molecular complexity index is 1310. The summed E-state index contributed by atoms with van der Waals surface area (Å²) < 4.78 is 92.8. The molecule has 1 fully saturated rings. The van der Waals surface area contributed by atoms with Crippen molar-refractivity contribution in [1.29, 1.82) is 0 Å². The first-order chi connectivity index (χ1) is 18.3. The zero-order valence-electron chi connectivity index (χ0n) is 19.3. The highest BCUT2D eigenvalue weighted by molar-refractivity contribution is 9.10. The van der Waals surface area contributed by atoms with E-state index in [0.29, 0.717) is 16.6 Å². The monoisotopic (exact) mass is 644 g/mol. The van der Waals surface area contributed by atoms with Crippen molar-refractivity contribution in [2.75, 3.05) is 13.2 Å². The van der Waals surface area contributed by atoms with Gasteiger partial charge in [0.2, 0.25) is 0 Å². The molecule has 9 nitrogen and oxygen atoms in total. The van der Waals surface area contributed by atoms with Crippen LogP contribution in [0.25, 0.3) is 11.3 Å². The predicted octanol–water partition coefficient (Wildman–Crippen LogP) is 2.58. The Morgan fingerprint density at radius 1 is 1.18 bits per heavy atom. The lowest BCUT2D eigenvalue weighted by Gasteiger charge is -2.51. The molecule has 0 spiro atoms. The van der Waals surface area contributed by atoms with Crippen LogP contribution >= 0.6 is 28.6 Å². The lowest BCUT2D eigenvalue weighted by atomic mass is 9.76. The zero-order valence-corrected chi connectivity index (χ0v) is 21.8. The van der Waals surface area contributed by atoms with Crippen LogP contribution in [0.4, 0.5) is 26.3 Å². The average molecular weight is 645 g/mol. The lowest BCUT2D eigenvalue weighted by molar-refractivity contribution is -0.251. The van der Waals surface area contributed by atoms with E-state index in [-0.39, 0.29) is 16.8 Å². The number of aromatic nitrogens is 4. The fraction of sp³-hybridized carbons (Fsp3) is 0.409. The predicted molar refractivity (Wildman–Crippen MR) is 127 cm³/mol. The molecular weight excluding hydrogens is 626 g/mol. The topological polar surface area (TPSA) is 123 Å². The largest absolute Gasteiger partial charge is 0.416 e. The molecule has 1 saturated heterocycles. The molecule has 3 heterocycles. The Labute approximate surface area is 229 Å². The van der Waals surface area contributed by atoms with E-state index >= 15 is 0 Å². The number of aliphatic hydroxyl groups excluding tert-OH is 3. The SMILES string of the molecule is OC[C@@H]1O[C@@H](S)[C@@H](OCC(O)C(F)(F)F)[C@](c2cncc(Br)c2)(n2cc(-c3cc(F)c(F)c(F)c3)nn2)[C@@H]1O. The van der Waals surface area contributed by atoms with E-state index in [9.17, 15) is 41.7 Å². The van der Waals surface area contributed by atoms with Crippen molar-refractivity contribution < 1.29 is 51.1 Å². The number of thiol groups is 1.